The molecular weight excluding hydrogens is 274 g/mol. The molecule has 1 heterocycles. The third-order valence-corrected chi connectivity index (χ3v) is 4.44. The molecular formula is C14H25N3O2S. The van der Waals surface area contributed by atoms with Crippen LogP contribution in [0.2, 0.25) is 0 Å². The molecule has 2 N–H and O–H groups in total. The van der Waals surface area contributed by atoms with Crippen LogP contribution in [-0.2, 0) is 9.53 Å². The quantitative estimate of drug-likeness (QED) is 0.760. The minimum absolute atomic E-state index is 0.155. The molecule has 6 heteroatoms. The van der Waals surface area contributed by atoms with Crippen molar-refractivity contribution in [3.05, 3.63) is 0 Å². The summed E-state index contributed by atoms with van der Waals surface area (Å²) in [6.07, 6.45) is 4.75. The fourth-order valence-corrected chi connectivity index (χ4v) is 3.34. The highest BCUT2D eigenvalue weighted by Gasteiger charge is 2.33. The van der Waals surface area contributed by atoms with Crippen LogP contribution in [0.5, 0.6) is 0 Å². The number of hydrogen-bond donors (Lipinski definition) is 1. The number of morpholine rings is 1. The van der Waals surface area contributed by atoms with Gasteiger partial charge in [-0.05, 0) is 19.8 Å². The SMILES string of the molecule is CC(C(=O)N1CCOCC1)N(CC(N)=S)C1CCCC1. The Morgan fingerprint density at radius 3 is 2.55 bits per heavy atom. The van der Waals surface area contributed by atoms with Gasteiger partial charge in [0.25, 0.3) is 0 Å². The highest BCUT2D eigenvalue weighted by Crippen LogP contribution is 2.25. The van der Waals surface area contributed by atoms with Crippen LogP contribution in [0.4, 0.5) is 0 Å². The molecule has 5 nitrogen and oxygen atoms in total. The van der Waals surface area contributed by atoms with Gasteiger partial charge in [0.1, 0.15) is 0 Å². The Morgan fingerprint density at radius 2 is 2.00 bits per heavy atom. The van der Waals surface area contributed by atoms with E-state index in [2.05, 4.69) is 4.90 Å². The highest BCUT2D eigenvalue weighted by molar-refractivity contribution is 7.80. The molecule has 2 fully saturated rings. The molecule has 114 valence electrons. The van der Waals surface area contributed by atoms with E-state index < -0.39 is 0 Å². The van der Waals surface area contributed by atoms with Crippen LogP contribution in [0, 0.1) is 0 Å². The van der Waals surface area contributed by atoms with Gasteiger partial charge in [0.15, 0.2) is 0 Å². The fraction of sp³-hybridized carbons (Fsp3) is 0.857. The lowest BCUT2D eigenvalue weighted by Gasteiger charge is -2.37. The summed E-state index contributed by atoms with van der Waals surface area (Å²) in [5.41, 5.74) is 5.72. The van der Waals surface area contributed by atoms with E-state index in [0.29, 0.717) is 43.9 Å². The van der Waals surface area contributed by atoms with Gasteiger partial charge in [-0.3, -0.25) is 9.69 Å². The van der Waals surface area contributed by atoms with Crippen LogP contribution >= 0.6 is 12.2 Å². The monoisotopic (exact) mass is 299 g/mol. The van der Waals surface area contributed by atoms with Crippen LogP contribution in [0.1, 0.15) is 32.6 Å². The summed E-state index contributed by atoms with van der Waals surface area (Å²) in [7, 11) is 0. The molecule has 1 atom stereocenters. The molecule has 1 unspecified atom stereocenters. The van der Waals surface area contributed by atoms with E-state index in [4.69, 9.17) is 22.7 Å². The molecule has 2 rings (SSSR count). The first kappa shape index (κ1) is 15.7. The summed E-state index contributed by atoms with van der Waals surface area (Å²) < 4.78 is 5.31. The average Bonchev–Trinajstić information content (AvgIpc) is 2.98. The van der Waals surface area contributed by atoms with Crippen LogP contribution in [0.25, 0.3) is 0 Å². The third-order valence-electron chi connectivity index (χ3n) is 4.31. The normalized spacial score (nSPS) is 22.2. The molecule has 1 saturated heterocycles. The lowest BCUT2D eigenvalue weighted by molar-refractivity contribution is -0.141. The molecule has 0 bridgehead atoms. The van der Waals surface area contributed by atoms with E-state index in [0.717, 1.165) is 12.8 Å². The number of ether oxygens (including phenoxy) is 1. The van der Waals surface area contributed by atoms with Gasteiger partial charge in [-0.2, -0.15) is 0 Å². The summed E-state index contributed by atoms with van der Waals surface area (Å²) in [6.45, 7) is 5.17. The third kappa shape index (κ3) is 3.90. The van der Waals surface area contributed by atoms with E-state index in [-0.39, 0.29) is 11.9 Å². The van der Waals surface area contributed by atoms with Gasteiger partial charge in [-0.1, -0.05) is 25.1 Å². The van der Waals surface area contributed by atoms with Crippen LogP contribution < -0.4 is 5.73 Å². The van der Waals surface area contributed by atoms with Crippen molar-refractivity contribution in [1.29, 1.82) is 0 Å². The predicted octanol–water partition coefficient (Wildman–Crippen LogP) is 0.764. The zero-order chi connectivity index (χ0) is 14.5. The molecule has 0 spiro atoms. The highest BCUT2D eigenvalue weighted by atomic mass is 32.1. The first-order valence-electron chi connectivity index (χ1n) is 7.50. The number of rotatable bonds is 5. The van der Waals surface area contributed by atoms with E-state index >= 15 is 0 Å². The van der Waals surface area contributed by atoms with Gasteiger partial charge in [-0.25, -0.2) is 0 Å². The zero-order valence-electron chi connectivity index (χ0n) is 12.2. The maximum Gasteiger partial charge on any atom is 0.239 e. The van der Waals surface area contributed by atoms with Crippen molar-refractivity contribution in [3.8, 4) is 0 Å². The Morgan fingerprint density at radius 1 is 1.40 bits per heavy atom. The van der Waals surface area contributed by atoms with Gasteiger partial charge in [0, 0.05) is 25.7 Å². The molecule has 1 amide bonds. The minimum Gasteiger partial charge on any atom is -0.392 e. The summed E-state index contributed by atoms with van der Waals surface area (Å²) in [5, 5.41) is 0. The molecule has 1 saturated carbocycles. The van der Waals surface area contributed by atoms with E-state index in [1.807, 2.05) is 11.8 Å². The number of carbonyl (C=O) groups excluding carboxylic acids is 1. The number of carbonyl (C=O) groups is 1. The lowest BCUT2D eigenvalue weighted by atomic mass is 10.1. The zero-order valence-corrected chi connectivity index (χ0v) is 13.0. The molecule has 0 aromatic heterocycles. The Hall–Kier alpha value is -0.720. The Bertz CT molecular complexity index is 352. The van der Waals surface area contributed by atoms with Crippen LogP contribution in [0.3, 0.4) is 0 Å². The molecule has 1 aliphatic carbocycles. The number of thiocarbonyl (C=S) groups is 1. The van der Waals surface area contributed by atoms with Crippen LogP contribution in [0.15, 0.2) is 0 Å². The van der Waals surface area contributed by atoms with Crippen LogP contribution in [-0.4, -0.2) is 65.6 Å². The smallest absolute Gasteiger partial charge is 0.239 e. The van der Waals surface area contributed by atoms with E-state index in [9.17, 15) is 4.79 Å². The number of hydrogen-bond acceptors (Lipinski definition) is 4. The predicted molar refractivity (Wildman–Crippen MR) is 82.6 cm³/mol. The number of nitrogens with two attached hydrogens (primary N) is 1. The van der Waals surface area contributed by atoms with Gasteiger partial charge < -0.3 is 15.4 Å². The first-order valence-corrected chi connectivity index (χ1v) is 7.91. The van der Waals surface area contributed by atoms with Crippen molar-refractivity contribution >= 4 is 23.1 Å². The molecule has 0 aromatic carbocycles. The largest absolute Gasteiger partial charge is 0.392 e. The minimum atomic E-state index is -0.155. The van der Waals surface area contributed by atoms with E-state index in [1.165, 1.54) is 12.8 Å². The number of nitrogens with zero attached hydrogens (tertiary/aromatic N) is 2. The van der Waals surface area contributed by atoms with Crippen molar-refractivity contribution in [1.82, 2.24) is 9.80 Å². The van der Waals surface area contributed by atoms with Crippen molar-refractivity contribution in [3.63, 3.8) is 0 Å². The van der Waals surface area contributed by atoms with Gasteiger partial charge in [0.2, 0.25) is 5.91 Å². The second kappa shape index (κ2) is 7.33. The second-order valence-corrected chi connectivity index (χ2v) is 6.21. The van der Waals surface area contributed by atoms with Gasteiger partial charge in [-0.15, -0.1) is 0 Å². The first-order chi connectivity index (χ1) is 9.59. The average molecular weight is 299 g/mol. The van der Waals surface area contributed by atoms with Gasteiger partial charge in [0.05, 0.1) is 24.2 Å². The lowest BCUT2D eigenvalue weighted by Crippen LogP contribution is -2.54. The van der Waals surface area contributed by atoms with Crippen molar-refractivity contribution < 1.29 is 9.53 Å². The Balaban J connectivity index is 2.01. The fourth-order valence-electron chi connectivity index (χ4n) is 3.19. The topological polar surface area (TPSA) is 58.8 Å². The molecule has 1 aliphatic heterocycles. The summed E-state index contributed by atoms with van der Waals surface area (Å²) >= 11 is 5.06. The summed E-state index contributed by atoms with van der Waals surface area (Å²) in [6, 6.07) is 0.286. The van der Waals surface area contributed by atoms with Crippen molar-refractivity contribution in [2.24, 2.45) is 5.73 Å². The molecule has 20 heavy (non-hydrogen) atoms. The number of amides is 1. The Kier molecular flexibility index (Phi) is 5.74. The second-order valence-electron chi connectivity index (χ2n) is 5.69. The van der Waals surface area contributed by atoms with Crippen molar-refractivity contribution in [2.75, 3.05) is 32.8 Å². The van der Waals surface area contributed by atoms with Gasteiger partial charge >= 0.3 is 0 Å². The standard InChI is InChI=1S/C14H25N3O2S/c1-11(14(18)16-6-8-19-9-7-16)17(10-13(15)20)12-4-2-3-5-12/h11-12H,2-10H2,1H3,(H2,15,20). The molecule has 0 radical (unpaired) electrons. The molecule has 0 aromatic rings. The molecule has 2 aliphatic rings. The Labute approximate surface area is 126 Å². The maximum absolute atomic E-state index is 12.6. The van der Waals surface area contributed by atoms with Crippen molar-refractivity contribution in [2.45, 2.75) is 44.7 Å². The summed E-state index contributed by atoms with van der Waals surface area (Å²) in [5.74, 6) is 0.177. The van der Waals surface area contributed by atoms with E-state index in [1.54, 1.807) is 0 Å². The maximum atomic E-state index is 12.6. The summed E-state index contributed by atoms with van der Waals surface area (Å²) in [4.78, 5) is 17.2.